The first-order chi connectivity index (χ1) is 7.77. The van der Waals surface area contributed by atoms with Gasteiger partial charge in [0.15, 0.2) is 0 Å². The second kappa shape index (κ2) is 7.32. The van der Waals surface area contributed by atoms with Crippen molar-refractivity contribution in [3.05, 3.63) is 29.8 Å². The first-order valence-corrected chi connectivity index (χ1v) is 6.54. The number of aromatic hydroxyl groups is 1. The second-order valence-corrected chi connectivity index (χ2v) is 4.60. The first-order valence-electron chi connectivity index (χ1n) is 6.54. The van der Waals surface area contributed by atoms with Crippen molar-refractivity contribution >= 4 is 0 Å². The maximum Gasteiger partial charge on any atom is 0.118 e. The maximum atomic E-state index is 9.73. The van der Waals surface area contributed by atoms with E-state index in [0.717, 1.165) is 17.9 Å². The lowest BCUT2D eigenvalue weighted by Crippen LogP contribution is -2.03. The minimum atomic E-state index is 0.455. The van der Waals surface area contributed by atoms with Crippen molar-refractivity contribution < 1.29 is 5.11 Å². The molecule has 1 heteroatoms. The third-order valence-electron chi connectivity index (χ3n) is 3.29. The Labute approximate surface area is 99.5 Å². The van der Waals surface area contributed by atoms with Crippen LogP contribution in [-0.4, -0.2) is 5.11 Å². The van der Waals surface area contributed by atoms with E-state index < -0.39 is 0 Å². The number of phenols is 1. The minimum Gasteiger partial charge on any atom is -0.508 e. The Hall–Kier alpha value is -0.980. The quantitative estimate of drug-likeness (QED) is 0.669. The van der Waals surface area contributed by atoms with E-state index in [0.29, 0.717) is 5.75 Å². The topological polar surface area (TPSA) is 20.2 Å². The lowest BCUT2D eigenvalue weighted by atomic mass is 9.91. The van der Waals surface area contributed by atoms with Gasteiger partial charge in [0, 0.05) is 0 Å². The molecule has 1 rings (SSSR count). The van der Waals surface area contributed by atoms with Crippen LogP contribution in [0.5, 0.6) is 5.75 Å². The predicted molar refractivity (Wildman–Crippen MR) is 69.7 cm³/mol. The van der Waals surface area contributed by atoms with Crippen LogP contribution in [0.15, 0.2) is 24.3 Å². The summed E-state index contributed by atoms with van der Waals surface area (Å²) in [5.41, 5.74) is 1.10. The highest BCUT2D eigenvalue weighted by Crippen LogP contribution is 2.24. The molecule has 0 bridgehead atoms. The van der Waals surface area contributed by atoms with E-state index in [9.17, 15) is 5.11 Å². The summed E-state index contributed by atoms with van der Waals surface area (Å²) in [6.45, 7) is 4.49. The van der Waals surface area contributed by atoms with Crippen molar-refractivity contribution in [2.75, 3.05) is 0 Å². The minimum absolute atomic E-state index is 0.455. The zero-order valence-electron chi connectivity index (χ0n) is 10.6. The molecule has 0 radical (unpaired) electrons. The molecule has 1 aromatic rings. The third-order valence-corrected chi connectivity index (χ3v) is 3.29. The summed E-state index contributed by atoms with van der Waals surface area (Å²) in [6, 6.07) is 7.72. The molecule has 0 aliphatic rings. The lowest BCUT2D eigenvalue weighted by molar-refractivity contribution is 0.423. The maximum absolute atomic E-state index is 9.73. The Morgan fingerprint density at radius 2 is 1.88 bits per heavy atom. The van der Waals surface area contributed by atoms with Gasteiger partial charge in [-0.05, 0) is 24.0 Å². The third kappa shape index (κ3) is 4.26. The first kappa shape index (κ1) is 13.1. The van der Waals surface area contributed by atoms with Crippen molar-refractivity contribution in [2.24, 2.45) is 5.92 Å². The summed E-state index contributed by atoms with van der Waals surface area (Å²) in [5.74, 6) is 1.18. The molecule has 0 aromatic heterocycles. The molecule has 1 aromatic carbocycles. The molecule has 0 aliphatic carbocycles. The Balaban J connectivity index is 2.46. The zero-order valence-corrected chi connectivity index (χ0v) is 10.6. The monoisotopic (exact) mass is 220 g/mol. The lowest BCUT2D eigenvalue weighted by Gasteiger charge is -2.15. The average molecular weight is 220 g/mol. The molecule has 0 saturated heterocycles. The van der Waals surface area contributed by atoms with Crippen LogP contribution in [0, 0.1) is 5.92 Å². The van der Waals surface area contributed by atoms with Crippen LogP contribution >= 0.6 is 0 Å². The normalized spacial score (nSPS) is 12.6. The van der Waals surface area contributed by atoms with Crippen LogP contribution < -0.4 is 0 Å². The molecule has 0 amide bonds. The smallest absolute Gasteiger partial charge is 0.118 e. The zero-order chi connectivity index (χ0) is 11.8. The molecule has 0 heterocycles. The van der Waals surface area contributed by atoms with Gasteiger partial charge in [0.05, 0.1) is 0 Å². The van der Waals surface area contributed by atoms with E-state index in [1.165, 1.54) is 32.1 Å². The second-order valence-electron chi connectivity index (χ2n) is 4.60. The summed E-state index contributed by atoms with van der Waals surface area (Å²) >= 11 is 0. The van der Waals surface area contributed by atoms with Crippen molar-refractivity contribution in [1.29, 1.82) is 0 Å². The molecule has 1 atom stereocenters. The van der Waals surface area contributed by atoms with Gasteiger partial charge in [-0.2, -0.15) is 0 Å². The van der Waals surface area contributed by atoms with Gasteiger partial charge in [0.1, 0.15) is 5.75 Å². The van der Waals surface area contributed by atoms with Crippen LogP contribution in [0.4, 0.5) is 0 Å². The van der Waals surface area contributed by atoms with Crippen LogP contribution in [0.1, 0.15) is 51.5 Å². The van der Waals surface area contributed by atoms with Crippen molar-refractivity contribution in [2.45, 2.75) is 52.4 Å². The number of benzene rings is 1. The molecule has 1 nitrogen and oxygen atoms in total. The van der Waals surface area contributed by atoms with E-state index in [1.54, 1.807) is 6.07 Å². The van der Waals surface area contributed by atoms with Gasteiger partial charge in [-0.1, -0.05) is 64.2 Å². The number of phenolic OH excluding ortho intramolecular Hbond substituents is 1. The number of unbranched alkanes of at least 4 members (excludes halogenated alkanes) is 2. The van der Waals surface area contributed by atoms with Crippen LogP contribution in [0.2, 0.25) is 0 Å². The molecule has 0 spiro atoms. The number of para-hydroxylation sites is 1. The van der Waals surface area contributed by atoms with E-state index in [1.807, 2.05) is 18.2 Å². The van der Waals surface area contributed by atoms with E-state index in [2.05, 4.69) is 13.8 Å². The molecule has 1 unspecified atom stereocenters. The summed E-state index contributed by atoms with van der Waals surface area (Å²) < 4.78 is 0. The predicted octanol–water partition coefficient (Wildman–Crippen LogP) is 4.54. The molecule has 16 heavy (non-hydrogen) atoms. The number of rotatable bonds is 7. The van der Waals surface area contributed by atoms with Gasteiger partial charge in [-0.15, -0.1) is 0 Å². The summed E-state index contributed by atoms with van der Waals surface area (Å²) in [5, 5.41) is 9.73. The Bertz CT molecular complexity index is 293. The highest BCUT2D eigenvalue weighted by Gasteiger charge is 2.09. The van der Waals surface area contributed by atoms with Gasteiger partial charge in [0.25, 0.3) is 0 Å². The van der Waals surface area contributed by atoms with Crippen molar-refractivity contribution in [1.82, 2.24) is 0 Å². The average Bonchev–Trinajstić information content (AvgIpc) is 2.30. The molecule has 90 valence electrons. The van der Waals surface area contributed by atoms with Gasteiger partial charge >= 0.3 is 0 Å². The van der Waals surface area contributed by atoms with Gasteiger partial charge in [0.2, 0.25) is 0 Å². The molecule has 0 aliphatic heterocycles. The van der Waals surface area contributed by atoms with Crippen molar-refractivity contribution in [3.63, 3.8) is 0 Å². The highest BCUT2D eigenvalue weighted by molar-refractivity contribution is 5.31. The Morgan fingerprint density at radius 1 is 1.12 bits per heavy atom. The highest BCUT2D eigenvalue weighted by atomic mass is 16.3. The summed E-state index contributed by atoms with van der Waals surface area (Å²) in [7, 11) is 0. The number of hydrogen-bond acceptors (Lipinski definition) is 1. The molecule has 0 fully saturated rings. The SMILES string of the molecule is CCCCCC(CC)Cc1ccccc1O. The molecule has 0 saturated carbocycles. The van der Waals surface area contributed by atoms with E-state index >= 15 is 0 Å². The van der Waals surface area contributed by atoms with Gasteiger partial charge in [-0.3, -0.25) is 0 Å². The van der Waals surface area contributed by atoms with Crippen molar-refractivity contribution in [3.8, 4) is 5.75 Å². The van der Waals surface area contributed by atoms with E-state index in [4.69, 9.17) is 0 Å². The van der Waals surface area contributed by atoms with Crippen LogP contribution in [-0.2, 0) is 6.42 Å². The molecule has 1 N–H and O–H groups in total. The largest absolute Gasteiger partial charge is 0.508 e. The fraction of sp³-hybridized carbons (Fsp3) is 0.600. The van der Waals surface area contributed by atoms with Gasteiger partial charge in [-0.25, -0.2) is 0 Å². The number of hydrogen-bond donors (Lipinski definition) is 1. The summed E-state index contributed by atoms with van der Waals surface area (Å²) in [4.78, 5) is 0. The standard InChI is InChI=1S/C15H24O/c1-3-5-6-9-13(4-2)12-14-10-7-8-11-15(14)16/h7-8,10-11,13,16H,3-6,9,12H2,1-2H3. The Kier molecular flexibility index (Phi) is 5.99. The van der Waals surface area contributed by atoms with E-state index in [-0.39, 0.29) is 0 Å². The Morgan fingerprint density at radius 3 is 2.50 bits per heavy atom. The fourth-order valence-electron chi connectivity index (χ4n) is 2.13. The van der Waals surface area contributed by atoms with Crippen LogP contribution in [0.3, 0.4) is 0 Å². The fourth-order valence-corrected chi connectivity index (χ4v) is 2.13. The summed E-state index contributed by atoms with van der Waals surface area (Å²) in [6.07, 6.45) is 7.45. The van der Waals surface area contributed by atoms with Gasteiger partial charge < -0.3 is 5.11 Å². The molecular formula is C15H24O. The molecular weight excluding hydrogens is 196 g/mol. The van der Waals surface area contributed by atoms with Crippen LogP contribution in [0.25, 0.3) is 0 Å².